The highest BCUT2D eigenvalue weighted by Crippen LogP contribution is 2.40. The molecular weight excluding hydrogens is 512 g/mol. The van der Waals surface area contributed by atoms with Crippen molar-refractivity contribution in [2.45, 2.75) is 36.6 Å². The number of nitrogens with zero attached hydrogens (tertiary/aromatic N) is 2. The third kappa shape index (κ3) is 5.24. The molecule has 3 aromatic carbocycles. The number of amides is 2. The minimum absolute atomic E-state index is 0.0136. The third-order valence-electron chi connectivity index (χ3n) is 6.89. The molecular formula is C31H26N2O5S. The lowest BCUT2D eigenvalue weighted by molar-refractivity contribution is -0.245. The smallest absolute Gasteiger partial charge is 0.266 e. The number of pyridine rings is 1. The minimum atomic E-state index is -0.633. The zero-order valence-electron chi connectivity index (χ0n) is 21.0. The van der Waals surface area contributed by atoms with E-state index in [4.69, 9.17) is 9.47 Å². The summed E-state index contributed by atoms with van der Waals surface area (Å²) in [6.45, 7) is -0.0136. The molecule has 3 unspecified atom stereocenters. The lowest BCUT2D eigenvalue weighted by atomic mass is 10.0. The maximum Gasteiger partial charge on any atom is 0.266 e. The summed E-state index contributed by atoms with van der Waals surface area (Å²) in [5, 5.41) is 10.4. The molecule has 4 aromatic rings. The molecule has 3 atom stereocenters. The zero-order chi connectivity index (χ0) is 26.8. The summed E-state index contributed by atoms with van der Waals surface area (Å²) in [4.78, 5) is 31.4. The van der Waals surface area contributed by atoms with Gasteiger partial charge in [0.2, 0.25) is 0 Å². The van der Waals surface area contributed by atoms with Crippen molar-refractivity contribution in [3.05, 3.63) is 125 Å². The fourth-order valence-electron chi connectivity index (χ4n) is 4.84. The number of aliphatic hydroxyl groups excluding tert-OH is 1. The van der Waals surface area contributed by atoms with Gasteiger partial charge in [-0.25, -0.2) is 9.88 Å². The molecule has 1 fully saturated rings. The van der Waals surface area contributed by atoms with Gasteiger partial charge in [-0.2, -0.15) is 0 Å². The van der Waals surface area contributed by atoms with Crippen LogP contribution >= 0.6 is 11.8 Å². The summed E-state index contributed by atoms with van der Waals surface area (Å²) >= 11 is 1.63. The molecule has 39 heavy (non-hydrogen) atoms. The number of ether oxygens (including phenoxy) is 2. The number of fused-ring (bicyclic) bond motifs is 1. The van der Waals surface area contributed by atoms with E-state index in [0.29, 0.717) is 29.0 Å². The first-order valence-corrected chi connectivity index (χ1v) is 13.7. The van der Waals surface area contributed by atoms with Gasteiger partial charge in [-0.3, -0.25) is 9.59 Å². The highest BCUT2D eigenvalue weighted by atomic mass is 32.2. The number of benzene rings is 3. The molecule has 0 spiro atoms. The number of anilines is 1. The highest BCUT2D eigenvalue weighted by molar-refractivity contribution is 7.99. The van der Waals surface area contributed by atoms with Gasteiger partial charge in [-0.15, -0.1) is 11.8 Å². The largest absolute Gasteiger partial charge is 0.392 e. The van der Waals surface area contributed by atoms with Crippen molar-refractivity contribution >= 4 is 29.3 Å². The van der Waals surface area contributed by atoms with Crippen molar-refractivity contribution in [2.24, 2.45) is 0 Å². The fourth-order valence-corrected chi connectivity index (χ4v) is 5.72. The number of imide groups is 1. The van der Waals surface area contributed by atoms with Gasteiger partial charge >= 0.3 is 0 Å². The Morgan fingerprint density at radius 1 is 0.821 bits per heavy atom. The predicted molar refractivity (Wildman–Crippen MR) is 147 cm³/mol. The van der Waals surface area contributed by atoms with Crippen molar-refractivity contribution in [3.8, 4) is 0 Å². The van der Waals surface area contributed by atoms with Gasteiger partial charge in [0.05, 0.1) is 40.7 Å². The summed E-state index contributed by atoms with van der Waals surface area (Å²) in [5.41, 5.74) is 3.96. The van der Waals surface area contributed by atoms with Crippen LogP contribution in [0.15, 0.2) is 102 Å². The molecule has 3 heterocycles. The highest BCUT2D eigenvalue weighted by Gasteiger charge is 2.37. The van der Waals surface area contributed by atoms with Crippen LogP contribution in [0.4, 0.5) is 5.69 Å². The van der Waals surface area contributed by atoms with E-state index in [-0.39, 0.29) is 30.6 Å². The molecule has 1 aromatic heterocycles. The molecule has 196 valence electrons. The van der Waals surface area contributed by atoms with E-state index in [2.05, 4.69) is 4.98 Å². The third-order valence-corrected chi connectivity index (χ3v) is 7.96. The van der Waals surface area contributed by atoms with E-state index in [1.165, 1.54) is 4.90 Å². The maximum absolute atomic E-state index is 12.9. The first-order valence-electron chi connectivity index (χ1n) is 12.7. The van der Waals surface area contributed by atoms with Gasteiger partial charge in [-0.05, 0) is 47.5 Å². The van der Waals surface area contributed by atoms with E-state index in [1.54, 1.807) is 54.4 Å². The molecule has 0 aliphatic carbocycles. The average molecular weight is 539 g/mol. The maximum atomic E-state index is 12.9. The van der Waals surface area contributed by atoms with Crippen LogP contribution in [-0.4, -0.2) is 33.8 Å². The van der Waals surface area contributed by atoms with Crippen LogP contribution in [0.5, 0.6) is 0 Å². The number of carbonyl (C=O) groups excluding carboxylic acids is 2. The standard InChI is InChI=1S/C31H26N2O5S/c34-18-20-8-10-21(11-9-20)27-17-24(19-39-28-7-3-4-16-32-28)37-31(38-27)22-12-14-23(15-13-22)33-29(35)25-5-1-2-6-26(25)30(33)36/h1-16,24,27,31,34H,17-19H2. The summed E-state index contributed by atoms with van der Waals surface area (Å²) in [6, 6.07) is 27.6. The lowest BCUT2D eigenvalue weighted by Gasteiger charge is -2.36. The van der Waals surface area contributed by atoms with Gasteiger partial charge in [0.15, 0.2) is 6.29 Å². The van der Waals surface area contributed by atoms with Crippen LogP contribution < -0.4 is 4.90 Å². The predicted octanol–water partition coefficient (Wildman–Crippen LogP) is 5.71. The Kier molecular flexibility index (Phi) is 7.26. The van der Waals surface area contributed by atoms with Crippen LogP contribution in [0, 0.1) is 0 Å². The Morgan fingerprint density at radius 2 is 1.49 bits per heavy atom. The number of aromatic nitrogens is 1. The summed E-state index contributed by atoms with van der Waals surface area (Å²) < 4.78 is 12.8. The number of hydrogen-bond donors (Lipinski definition) is 1. The first-order chi connectivity index (χ1) is 19.1. The van der Waals surface area contributed by atoms with Gasteiger partial charge in [0.1, 0.15) is 0 Å². The molecule has 7 nitrogen and oxygen atoms in total. The summed E-state index contributed by atoms with van der Waals surface area (Å²) in [7, 11) is 0. The molecule has 1 saturated heterocycles. The molecule has 6 rings (SSSR count). The van der Waals surface area contributed by atoms with Crippen molar-refractivity contribution in [2.75, 3.05) is 10.7 Å². The zero-order valence-corrected chi connectivity index (χ0v) is 21.8. The van der Waals surface area contributed by atoms with Crippen molar-refractivity contribution in [1.29, 1.82) is 0 Å². The topological polar surface area (TPSA) is 89.0 Å². The molecule has 1 N–H and O–H groups in total. The number of hydrogen-bond acceptors (Lipinski definition) is 7. The van der Waals surface area contributed by atoms with Gasteiger partial charge in [0.25, 0.3) is 11.8 Å². The molecule has 0 radical (unpaired) electrons. The Labute approximate surface area is 230 Å². The fraction of sp³-hybridized carbons (Fsp3) is 0.194. The Bertz CT molecular complexity index is 1440. The van der Waals surface area contributed by atoms with Gasteiger partial charge in [0, 0.05) is 23.9 Å². The number of carbonyl (C=O) groups is 2. The molecule has 2 aliphatic rings. The molecule has 8 heteroatoms. The second kappa shape index (κ2) is 11.1. The monoisotopic (exact) mass is 538 g/mol. The average Bonchev–Trinajstić information content (AvgIpc) is 3.26. The molecule has 0 bridgehead atoms. The van der Waals surface area contributed by atoms with Crippen molar-refractivity contribution < 1.29 is 24.2 Å². The van der Waals surface area contributed by atoms with Crippen LogP contribution in [0.25, 0.3) is 0 Å². The van der Waals surface area contributed by atoms with Crippen molar-refractivity contribution in [1.82, 2.24) is 4.98 Å². The van der Waals surface area contributed by atoms with E-state index in [1.807, 2.05) is 54.6 Å². The minimum Gasteiger partial charge on any atom is -0.392 e. The normalized spacial score (nSPS) is 20.7. The number of rotatable bonds is 7. The van der Waals surface area contributed by atoms with E-state index >= 15 is 0 Å². The van der Waals surface area contributed by atoms with Gasteiger partial charge < -0.3 is 14.6 Å². The second-order valence-electron chi connectivity index (χ2n) is 9.41. The Balaban J connectivity index is 1.23. The van der Waals surface area contributed by atoms with Gasteiger partial charge in [-0.1, -0.05) is 54.6 Å². The van der Waals surface area contributed by atoms with E-state index in [0.717, 1.165) is 21.7 Å². The van der Waals surface area contributed by atoms with E-state index < -0.39 is 6.29 Å². The lowest BCUT2D eigenvalue weighted by Crippen LogP contribution is -2.31. The quantitative estimate of drug-likeness (QED) is 0.238. The summed E-state index contributed by atoms with van der Waals surface area (Å²) in [5.74, 6) is 0.0490. The van der Waals surface area contributed by atoms with Crippen LogP contribution in [0.3, 0.4) is 0 Å². The second-order valence-corrected chi connectivity index (χ2v) is 10.5. The number of thioether (sulfide) groups is 1. The van der Waals surface area contributed by atoms with Crippen molar-refractivity contribution in [3.63, 3.8) is 0 Å². The molecule has 2 aliphatic heterocycles. The number of aliphatic hydroxyl groups is 1. The Morgan fingerprint density at radius 3 is 2.13 bits per heavy atom. The van der Waals surface area contributed by atoms with Crippen LogP contribution in [0.1, 0.15) is 56.2 Å². The molecule has 0 saturated carbocycles. The summed E-state index contributed by atoms with van der Waals surface area (Å²) in [6.07, 6.45) is 1.50. The van der Waals surface area contributed by atoms with E-state index in [9.17, 15) is 14.7 Å². The first kappa shape index (κ1) is 25.5. The van der Waals surface area contributed by atoms with Crippen LogP contribution in [-0.2, 0) is 16.1 Å². The SMILES string of the molecule is O=C1c2ccccc2C(=O)N1c1ccc(C2OC(CSc3ccccn3)CC(c3ccc(CO)cc3)O2)cc1. The van der Waals surface area contributed by atoms with Crippen LogP contribution in [0.2, 0.25) is 0 Å². The Hall–Kier alpha value is -3.82. The molecule has 2 amide bonds.